The van der Waals surface area contributed by atoms with Crippen molar-refractivity contribution in [1.29, 1.82) is 0 Å². The van der Waals surface area contributed by atoms with E-state index >= 15 is 0 Å². The Morgan fingerprint density at radius 1 is 1.21 bits per heavy atom. The lowest BCUT2D eigenvalue weighted by Gasteiger charge is -2.07. The van der Waals surface area contributed by atoms with Crippen LogP contribution >= 0.6 is 0 Å². The van der Waals surface area contributed by atoms with Crippen molar-refractivity contribution in [1.82, 2.24) is 4.98 Å². The van der Waals surface area contributed by atoms with Crippen molar-refractivity contribution in [2.75, 3.05) is 18.5 Å². The molecule has 0 bridgehead atoms. The van der Waals surface area contributed by atoms with E-state index in [0.29, 0.717) is 19.0 Å². The highest BCUT2D eigenvalue weighted by Gasteiger charge is 2.03. The summed E-state index contributed by atoms with van der Waals surface area (Å²) < 4.78 is 5.41. The molecule has 98 valence electrons. The van der Waals surface area contributed by atoms with E-state index in [4.69, 9.17) is 4.74 Å². The summed E-state index contributed by atoms with van der Waals surface area (Å²) in [7, 11) is 0. The molecule has 2 aromatic rings. The number of nitro groups is 1. The molecule has 19 heavy (non-hydrogen) atoms. The van der Waals surface area contributed by atoms with Gasteiger partial charge in [-0.1, -0.05) is 6.07 Å². The lowest BCUT2D eigenvalue weighted by Crippen LogP contribution is -2.11. The maximum atomic E-state index is 10.5. The van der Waals surface area contributed by atoms with Crippen LogP contribution in [0.25, 0.3) is 0 Å². The molecule has 0 unspecified atom stereocenters. The number of benzene rings is 1. The van der Waals surface area contributed by atoms with Crippen molar-refractivity contribution in [3.8, 4) is 5.88 Å². The fraction of sp³-hybridized carbons (Fsp3) is 0.154. The second-order valence-electron chi connectivity index (χ2n) is 3.75. The second-order valence-corrected chi connectivity index (χ2v) is 3.75. The number of hydrogen-bond donors (Lipinski definition) is 1. The average Bonchev–Trinajstić information content (AvgIpc) is 2.45. The molecule has 1 aromatic carbocycles. The van der Waals surface area contributed by atoms with Crippen molar-refractivity contribution in [2.45, 2.75) is 0 Å². The molecule has 0 aliphatic rings. The standard InChI is InChI=1S/C13H13N3O3/c17-16(18)12-6-4-11(5-7-12)14-9-10-19-13-3-1-2-8-15-13/h1-8,14H,9-10H2. The Balaban J connectivity index is 1.75. The number of nitro benzene ring substituents is 1. The zero-order valence-corrected chi connectivity index (χ0v) is 10.2. The highest BCUT2D eigenvalue weighted by atomic mass is 16.6. The first kappa shape index (κ1) is 12.8. The molecule has 1 aromatic heterocycles. The summed E-state index contributed by atoms with van der Waals surface area (Å²) in [5.74, 6) is 0.577. The van der Waals surface area contributed by atoms with Crippen molar-refractivity contribution in [3.63, 3.8) is 0 Å². The van der Waals surface area contributed by atoms with Gasteiger partial charge in [0.25, 0.3) is 5.69 Å². The number of nitrogens with zero attached hydrogens (tertiary/aromatic N) is 2. The monoisotopic (exact) mass is 259 g/mol. The first-order valence-corrected chi connectivity index (χ1v) is 5.78. The van der Waals surface area contributed by atoms with Crippen LogP contribution in [0.15, 0.2) is 48.7 Å². The summed E-state index contributed by atoms with van der Waals surface area (Å²) in [6.45, 7) is 1.06. The Labute approximate surface area is 110 Å². The Bertz CT molecular complexity index is 529. The van der Waals surface area contributed by atoms with Crippen LogP contribution in [-0.2, 0) is 0 Å². The maximum Gasteiger partial charge on any atom is 0.269 e. The predicted octanol–water partition coefficient (Wildman–Crippen LogP) is 2.48. The van der Waals surface area contributed by atoms with E-state index in [0.717, 1.165) is 5.69 Å². The van der Waals surface area contributed by atoms with E-state index in [1.54, 1.807) is 24.4 Å². The molecule has 0 aliphatic carbocycles. The van der Waals surface area contributed by atoms with Crippen LogP contribution in [0.5, 0.6) is 5.88 Å². The molecule has 0 radical (unpaired) electrons. The van der Waals surface area contributed by atoms with Gasteiger partial charge in [-0.05, 0) is 18.2 Å². The number of nitrogens with one attached hydrogen (secondary N) is 1. The molecule has 0 spiro atoms. The minimum atomic E-state index is -0.423. The molecule has 6 nitrogen and oxygen atoms in total. The average molecular weight is 259 g/mol. The van der Waals surface area contributed by atoms with Gasteiger partial charge >= 0.3 is 0 Å². The minimum Gasteiger partial charge on any atom is -0.476 e. The predicted molar refractivity (Wildman–Crippen MR) is 71.3 cm³/mol. The Hall–Kier alpha value is -2.63. The normalized spacial score (nSPS) is 9.89. The van der Waals surface area contributed by atoms with Gasteiger partial charge < -0.3 is 10.1 Å². The topological polar surface area (TPSA) is 77.3 Å². The Morgan fingerprint density at radius 2 is 2.00 bits per heavy atom. The first-order chi connectivity index (χ1) is 9.25. The summed E-state index contributed by atoms with van der Waals surface area (Å²) in [5.41, 5.74) is 0.894. The lowest BCUT2D eigenvalue weighted by atomic mass is 10.3. The van der Waals surface area contributed by atoms with Gasteiger partial charge in [-0.25, -0.2) is 4.98 Å². The van der Waals surface area contributed by atoms with Gasteiger partial charge in [0.15, 0.2) is 0 Å². The molecule has 2 rings (SSSR count). The van der Waals surface area contributed by atoms with Crippen LogP contribution in [0.2, 0.25) is 0 Å². The van der Waals surface area contributed by atoms with Crippen LogP contribution in [0.4, 0.5) is 11.4 Å². The molecule has 0 fully saturated rings. The van der Waals surface area contributed by atoms with Gasteiger partial charge in [-0.3, -0.25) is 10.1 Å². The largest absolute Gasteiger partial charge is 0.476 e. The van der Waals surface area contributed by atoms with Crippen molar-refractivity contribution < 1.29 is 9.66 Å². The van der Waals surface area contributed by atoms with Gasteiger partial charge in [0.05, 0.1) is 4.92 Å². The molecule has 1 N–H and O–H groups in total. The number of pyridine rings is 1. The third-order valence-corrected chi connectivity index (χ3v) is 2.40. The maximum absolute atomic E-state index is 10.5. The smallest absolute Gasteiger partial charge is 0.269 e. The molecule has 0 atom stereocenters. The highest BCUT2D eigenvalue weighted by molar-refractivity contribution is 5.48. The van der Waals surface area contributed by atoms with Crippen LogP contribution in [0.1, 0.15) is 0 Å². The second kappa shape index (κ2) is 6.34. The van der Waals surface area contributed by atoms with E-state index in [1.807, 2.05) is 12.1 Å². The van der Waals surface area contributed by atoms with Crippen LogP contribution in [0, 0.1) is 10.1 Å². The molecular formula is C13H13N3O3. The number of ether oxygens (including phenoxy) is 1. The molecule has 6 heteroatoms. The fourth-order valence-electron chi connectivity index (χ4n) is 1.48. The van der Waals surface area contributed by atoms with E-state index in [-0.39, 0.29) is 5.69 Å². The van der Waals surface area contributed by atoms with Crippen molar-refractivity contribution in [2.24, 2.45) is 0 Å². The van der Waals surface area contributed by atoms with E-state index < -0.39 is 4.92 Å². The molecule has 0 saturated carbocycles. The summed E-state index contributed by atoms with van der Waals surface area (Å²) >= 11 is 0. The Kier molecular flexibility index (Phi) is 4.28. The number of rotatable bonds is 6. The number of anilines is 1. The summed E-state index contributed by atoms with van der Waals surface area (Å²) in [6, 6.07) is 11.7. The molecule has 0 aliphatic heterocycles. The van der Waals surface area contributed by atoms with Crippen molar-refractivity contribution >= 4 is 11.4 Å². The molecule has 0 amide bonds. The quantitative estimate of drug-likeness (QED) is 0.490. The zero-order valence-electron chi connectivity index (χ0n) is 10.2. The third-order valence-electron chi connectivity index (χ3n) is 2.40. The van der Waals surface area contributed by atoms with Crippen molar-refractivity contribution in [3.05, 3.63) is 58.8 Å². The van der Waals surface area contributed by atoms with E-state index in [1.165, 1.54) is 12.1 Å². The zero-order chi connectivity index (χ0) is 13.5. The van der Waals surface area contributed by atoms with E-state index in [2.05, 4.69) is 10.3 Å². The molecule has 0 saturated heterocycles. The number of aromatic nitrogens is 1. The molecule has 1 heterocycles. The minimum absolute atomic E-state index is 0.0790. The van der Waals surface area contributed by atoms with E-state index in [9.17, 15) is 10.1 Å². The van der Waals surface area contributed by atoms with Gasteiger partial charge in [-0.2, -0.15) is 0 Å². The third kappa shape index (κ3) is 3.95. The number of non-ortho nitro benzene ring substituents is 1. The fourth-order valence-corrected chi connectivity index (χ4v) is 1.48. The summed E-state index contributed by atoms with van der Waals surface area (Å²) in [6.07, 6.45) is 1.67. The summed E-state index contributed by atoms with van der Waals surface area (Å²) in [4.78, 5) is 14.1. The first-order valence-electron chi connectivity index (χ1n) is 5.78. The molecular weight excluding hydrogens is 246 g/mol. The Morgan fingerprint density at radius 3 is 2.63 bits per heavy atom. The van der Waals surface area contributed by atoms with Crippen LogP contribution in [-0.4, -0.2) is 23.1 Å². The van der Waals surface area contributed by atoms with Gasteiger partial charge in [0, 0.05) is 36.6 Å². The highest BCUT2D eigenvalue weighted by Crippen LogP contribution is 2.15. The lowest BCUT2D eigenvalue weighted by molar-refractivity contribution is -0.384. The number of hydrogen-bond acceptors (Lipinski definition) is 5. The summed E-state index contributed by atoms with van der Waals surface area (Å²) in [5, 5.41) is 13.6. The SMILES string of the molecule is O=[N+]([O-])c1ccc(NCCOc2ccccn2)cc1. The van der Waals surface area contributed by atoms with Gasteiger partial charge in [0.2, 0.25) is 5.88 Å². The van der Waals surface area contributed by atoms with Crippen LogP contribution < -0.4 is 10.1 Å². The van der Waals surface area contributed by atoms with Gasteiger partial charge in [0.1, 0.15) is 6.61 Å². The van der Waals surface area contributed by atoms with Crippen LogP contribution in [0.3, 0.4) is 0 Å². The van der Waals surface area contributed by atoms with Gasteiger partial charge in [-0.15, -0.1) is 0 Å².